The first-order valence-electron chi connectivity index (χ1n) is 19.0. The number of benzene rings is 8. The van der Waals surface area contributed by atoms with Crippen LogP contribution in [0.2, 0.25) is 0 Å². The van der Waals surface area contributed by atoms with Crippen LogP contribution in [0.1, 0.15) is 0 Å². The van der Waals surface area contributed by atoms with E-state index >= 15 is 0 Å². The molecule has 0 N–H and O–H groups in total. The fraction of sp³-hybridized carbons (Fsp3) is 0. The summed E-state index contributed by atoms with van der Waals surface area (Å²) in [5, 5.41) is 7.48. The SMILES string of the molecule is c1ccc(-c2nc(-c3ccc(-n4c5ccccc5c5ccc(-c6cccc7sc8ccccc8c67)cc54)cc3)nc(-c3cccc4sc5ccccc5c34)n2)cc1. The summed E-state index contributed by atoms with van der Waals surface area (Å²) in [4.78, 5) is 15.4. The molecule has 0 saturated carbocycles. The summed E-state index contributed by atoms with van der Waals surface area (Å²) in [5.41, 5.74) is 8.77. The molecule has 0 radical (unpaired) electrons. The smallest absolute Gasteiger partial charge is 0.164 e. The summed E-state index contributed by atoms with van der Waals surface area (Å²) in [6.45, 7) is 0. The number of fused-ring (bicyclic) bond motifs is 9. The maximum Gasteiger partial charge on any atom is 0.164 e. The normalized spacial score (nSPS) is 11.9. The number of aromatic nitrogens is 4. The van der Waals surface area contributed by atoms with E-state index in [4.69, 9.17) is 15.0 Å². The Labute approximate surface area is 335 Å². The van der Waals surface area contributed by atoms with Crippen molar-refractivity contribution in [3.05, 3.63) is 182 Å². The molecule has 0 saturated heterocycles. The van der Waals surface area contributed by atoms with Crippen LogP contribution in [0.15, 0.2) is 182 Å². The van der Waals surface area contributed by atoms with Crippen LogP contribution in [0.4, 0.5) is 0 Å². The fourth-order valence-electron chi connectivity index (χ4n) is 8.49. The minimum Gasteiger partial charge on any atom is -0.309 e. The lowest BCUT2D eigenvalue weighted by Crippen LogP contribution is -2.01. The van der Waals surface area contributed by atoms with Crippen molar-refractivity contribution in [1.82, 2.24) is 19.5 Å². The number of hydrogen-bond acceptors (Lipinski definition) is 5. The average molecular weight is 763 g/mol. The predicted molar refractivity (Wildman–Crippen MR) is 242 cm³/mol. The van der Waals surface area contributed by atoms with Crippen molar-refractivity contribution in [2.24, 2.45) is 0 Å². The standard InChI is InChI=1S/C51H30N4S2/c1-2-12-31(13-3-1)49-52-50(54-51(53-49)40-18-11-23-46-48(40)39-16-6-9-21-44(39)57-46)32-24-27-34(28-25-32)55-41-19-7-4-14-36(41)37-29-26-33(30-42(37)55)35-17-10-22-45-47(35)38-15-5-8-20-43(38)56-45/h1-30H. The highest BCUT2D eigenvalue weighted by Crippen LogP contribution is 2.43. The zero-order valence-corrected chi connectivity index (χ0v) is 32.1. The molecule has 0 fully saturated rings. The van der Waals surface area contributed by atoms with Crippen LogP contribution in [-0.2, 0) is 0 Å². The minimum atomic E-state index is 0.641. The highest BCUT2D eigenvalue weighted by atomic mass is 32.1. The third-order valence-electron chi connectivity index (χ3n) is 11.1. The quantitative estimate of drug-likeness (QED) is 0.175. The molecule has 0 atom stereocenters. The molecule has 0 bridgehead atoms. The Kier molecular flexibility index (Phi) is 7.24. The largest absolute Gasteiger partial charge is 0.309 e. The van der Waals surface area contributed by atoms with Gasteiger partial charge in [-0.2, -0.15) is 0 Å². The number of rotatable bonds is 5. The Morgan fingerprint density at radius 1 is 0.333 bits per heavy atom. The third-order valence-corrected chi connectivity index (χ3v) is 13.4. The first-order valence-corrected chi connectivity index (χ1v) is 20.7. The molecule has 266 valence electrons. The van der Waals surface area contributed by atoms with Crippen LogP contribution in [0.25, 0.3) is 113 Å². The Hall–Kier alpha value is -6.99. The van der Waals surface area contributed by atoms with Gasteiger partial charge >= 0.3 is 0 Å². The summed E-state index contributed by atoms with van der Waals surface area (Å²) >= 11 is 3.66. The summed E-state index contributed by atoms with van der Waals surface area (Å²) in [6.07, 6.45) is 0. The van der Waals surface area contributed by atoms with E-state index in [1.807, 2.05) is 29.5 Å². The highest BCUT2D eigenvalue weighted by Gasteiger charge is 2.19. The Bertz CT molecular complexity index is 3520. The highest BCUT2D eigenvalue weighted by molar-refractivity contribution is 7.26. The van der Waals surface area contributed by atoms with Crippen molar-refractivity contribution >= 4 is 84.8 Å². The molecule has 8 aromatic carbocycles. The van der Waals surface area contributed by atoms with Crippen LogP contribution >= 0.6 is 22.7 Å². The summed E-state index contributed by atoms with van der Waals surface area (Å²) in [6, 6.07) is 64.9. The van der Waals surface area contributed by atoms with Crippen molar-refractivity contribution in [1.29, 1.82) is 0 Å². The van der Waals surface area contributed by atoms with E-state index in [1.165, 1.54) is 73.3 Å². The molecule has 0 aliphatic heterocycles. The van der Waals surface area contributed by atoms with Gasteiger partial charge in [0.1, 0.15) is 0 Å². The minimum absolute atomic E-state index is 0.641. The van der Waals surface area contributed by atoms with E-state index in [2.05, 4.69) is 168 Å². The van der Waals surface area contributed by atoms with Crippen molar-refractivity contribution < 1.29 is 0 Å². The number of nitrogens with zero attached hydrogens (tertiary/aromatic N) is 4. The van der Waals surface area contributed by atoms with Crippen LogP contribution in [-0.4, -0.2) is 19.5 Å². The molecule has 0 unspecified atom stereocenters. The van der Waals surface area contributed by atoms with Gasteiger partial charge in [-0.15, -0.1) is 22.7 Å². The fourth-order valence-corrected chi connectivity index (χ4v) is 10.8. The molecule has 57 heavy (non-hydrogen) atoms. The first kappa shape index (κ1) is 32.3. The van der Waals surface area contributed by atoms with Crippen molar-refractivity contribution in [2.45, 2.75) is 0 Å². The van der Waals surface area contributed by atoms with E-state index in [9.17, 15) is 0 Å². The van der Waals surface area contributed by atoms with E-state index < -0.39 is 0 Å². The van der Waals surface area contributed by atoms with E-state index in [-0.39, 0.29) is 0 Å². The monoisotopic (exact) mass is 762 g/mol. The molecule has 0 amide bonds. The van der Waals surface area contributed by atoms with Crippen molar-refractivity contribution in [3.63, 3.8) is 0 Å². The van der Waals surface area contributed by atoms with E-state index in [0.29, 0.717) is 17.5 Å². The zero-order valence-electron chi connectivity index (χ0n) is 30.4. The lowest BCUT2D eigenvalue weighted by atomic mass is 9.98. The molecule has 0 spiro atoms. The second kappa shape index (κ2) is 12.8. The average Bonchev–Trinajstić information content (AvgIpc) is 3.96. The lowest BCUT2D eigenvalue weighted by molar-refractivity contribution is 1.07. The summed E-state index contributed by atoms with van der Waals surface area (Å²) < 4.78 is 7.48. The maximum atomic E-state index is 5.19. The molecule has 12 rings (SSSR count). The third kappa shape index (κ3) is 5.15. The second-order valence-electron chi connectivity index (χ2n) is 14.4. The van der Waals surface area contributed by atoms with Crippen LogP contribution < -0.4 is 0 Å². The van der Waals surface area contributed by atoms with Gasteiger partial charge in [0.2, 0.25) is 0 Å². The Morgan fingerprint density at radius 3 is 1.54 bits per heavy atom. The first-order chi connectivity index (χ1) is 28.2. The molecule has 0 aliphatic rings. The van der Waals surface area contributed by atoms with Crippen LogP contribution in [0.5, 0.6) is 0 Å². The molecule has 4 aromatic heterocycles. The van der Waals surface area contributed by atoms with Gasteiger partial charge in [0.25, 0.3) is 0 Å². The van der Waals surface area contributed by atoms with Gasteiger partial charge in [-0.1, -0.05) is 121 Å². The van der Waals surface area contributed by atoms with Gasteiger partial charge in [0, 0.05) is 73.5 Å². The van der Waals surface area contributed by atoms with Gasteiger partial charge in [-0.3, -0.25) is 0 Å². The van der Waals surface area contributed by atoms with E-state index in [1.54, 1.807) is 11.3 Å². The van der Waals surface area contributed by atoms with Gasteiger partial charge in [-0.05, 0) is 71.8 Å². The van der Waals surface area contributed by atoms with Gasteiger partial charge in [0.15, 0.2) is 17.5 Å². The Morgan fingerprint density at radius 2 is 0.842 bits per heavy atom. The lowest BCUT2D eigenvalue weighted by Gasteiger charge is -2.12. The molecule has 6 heteroatoms. The van der Waals surface area contributed by atoms with Crippen molar-refractivity contribution in [3.8, 4) is 51.0 Å². The topological polar surface area (TPSA) is 43.6 Å². The van der Waals surface area contributed by atoms with Crippen molar-refractivity contribution in [2.75, 3.05) is 0 Å². The summed E-state index contributed by atoms with van der Waals surface area (Å²) in [5.74, 6) is 1.96. The summed E-state index contributed by atoms with van der Waals surface area (Å²) in [7, 11) is 0. The second-order valence-corrected chi connectivity index (χ2v) is 16.5. The van der Waals surface area contributed by atoms with Crippen LogP contribution in [0, 0.1) is 0 Å². The van der Waals surface area contributed by atoms with Crippen LogP contribution in [0.3, 0.4) is 0 Å². The predicted octanol–water partition coefficient (Wildman–Crippen LogP) is 14.4. The molecule has 12 aromatic rings. The molecular weight excluding hydrogens is 733 g/mol. The number of hydrogen-bond donors (Lipinski definition) is 0. The van der Waals surface area contributed by atoms with Gasteiger partial charge < -0.3 is 4.57 Å². The zero-order chi connectivity index (χ0) is 37.5. The molecular formula is C51H30N4S2. The number of thiophene rings is 2. The molecule has 0 aliphatic carbocycles. The maximum absolute atomic E-state index is 5.19. The van der Waals surface area contributed by atoms with Gasteiger partial charge in [-0.25, -0.2) is 15.0 Å². The number of para-hydroxylation sites is 1. The van der Waals surface area contributed by atoms with Gasteiger partial charge in [0.05, 0.1) is 11.0 Å². The molecule has 4 nitrogen and oxygen atoms in total. The van der Waals surface area contributed by atoms with E-state index in [0.717, 1.165) is 22.4 Å². The molecule has 4 heterocycles. The Balaban J connectivity index is 1.02.